The van der Waals surface area contributed by atoms with Gasteiger partial charge in [0.15, 0.2) is 11.5 Å². The fraction of sp³-hybridized carbons (Fsp3) is 0.278. The molecule has 0 unspecified atom stereocenters. The Kier molecular flexibility index (Phi) is 3.27. The van der Waals surface area contributed by atoms with Crippen LogP contribution in [0.2, 0.25) is 5.02 Å². The summed E-state index contributed by atoms with van der Waals surface area (Å²) >= 11 is 7.86. The highest BCUT2D eigenvalue weighted by atomic mass is 35.5. The molecule has 4 aromatic rings. The molecule has 3 heterocycles. The minimum atomic E-state index is 0.125. The van der Waals surface area contributed by atoms with Crippen molar-refractivity contribution in [1.29, 1.82) is 0 Å². The molecule has 1 aliphatic carbocycles. The molecule has 0 amide bonds. The van der Waals surface area contributed by atoms with Crippen molar-refractivity contribution in [3.63, 3.8) is 0 Å². The van der Waals surface area contributed by atoms with Gasteiger partial charge < -0.3 is 5.11 Å². The fourth-order valence-corrected chi connectivity index (χ4v) is 4.97. The Hall–Kier alpha value is -2.18. The molecule has 1 aliphatic rings. The first kappa shape index (κ1) is 15.1. The van der Waals surface area contributed by atoms with Crippen molar-refractivity contribution < 1.29 is 5.11 Å². The largest absolute Gasteiger partial charge is 0.507 e. The number of hydrogen-bond acceptors (Lipinski definition) is 5. The van der Waals surface area contributed by atoms with Crippen molar-refractivity contribution in [3.05, 3.63) is 40.0 Å². The van der Waals surface area contributed by atoms with Gasteiger partial charge in [0.1, 0.15) is 16.9 Å². The van der Waals surface area contributed by atoms with E-state index in [2.05, 4.69) is 22.1 Å². The minimum Gasteiger partial charge on any atom is -0.507 e. The first-order chi connectivity index (χ1) is 12.1. The van der Waals surface area contributed by atoms with Crippen LogP contribution in [-0.4, -0.2) is 24.7 Å². The SMILES string of the molecule is C[C@@H]1CCc2sc3ncn4c(-c5cc(Cl)ccc5O)nnc4c3c2C1. The number of aromatic hydroxyl groups is 1. The van der Waals surface area contributed by atoms with E-state index in [1.807, 2.05) is 4.40 Å². The molecule has 5 rings (SSSR count). The summed E-state index contributed by atoms with van der Waals surface area (Å²) in [4.78, 5) is 7.07. The van der Waals surface area contributed by atoms with Gasteiger partial charge in [0.25, 0.3) is 0 Å². The van der Waals surface area contributed by atoms with E-state index in [0.717, 1.165) is 28.7 Å². The third-order valence-corrected chi connectivity index (χ3v) is 6.33. The zero-order valence-corrected chi connectivity index (χ0v) is 15.1. The average Bonchev–Trinajstić information content (AvgIpc) is 3.17. The molecule has 0 fully saturated rings. The molecule has 25 heavy (non-hydrogen) atoms. The van der Waals surface area contributed by atoms with Crippen LogP contribution in [0.5, 0.6) is 5.75 Å². The second-order valence-corrected chi connectivity index (χ2v) is 8.18. The lowest BCUT2D eigenvalue weighted by Crippen LogP contribution is -2.09. The van der Waals surface area contributed by atoms with Crippen LogP contribution >= 0.6 is 22.9 Å². The topological polar surface area (TPSA) is 63.3 Å². The predicted octanol–water partition coefficient (Wildman–Crippen LogP) is 4.49. The third kappa shape index (κ3) is 2.24. The number of rotatable bonds is 1. The van der Waals surface area contributed by atoms with Crippen LogP contribution in [0.3, 0.4) is 0 Å². The van der Waals surface area contributed by atoms with Gasteiger partial charge >= 0.3 is 0 Å². The summed E-state index contributed by atoms with van der Waals surface area (Å²) in [5.41, 5.74) is 2.72. The van der Waals surface area contributed by atoms with Crippen molar-refractivity contribution in [2.24, 2.45) is 5.92 Å². The minimum absolute atomic E-state index is 0.125. The van der Waals surface area contributed by atoms with E-state index in [-0.39, 0.29) is 5.75 Å². The third-order valence-electron chi connectivity index (χ3n) is 4.90. The van der Waals surface area contributed by atoms with Gasteiger partial charge in [-0.25, -0.2) is 4.98 Å². The van der Waals surface area contributed by atoms with E-state index in [0.29, 0.717) is 22.3 Å². The van der Waals surface area contributed by atoms with Crippen molar-refractivity contribution in [1.82, 2.24) is 19.6 Å². The second-order valence-electron chi connectivity index (χ2n) is 6.66. The standard InChI is InChI=1S/C18H15ClN4OS/c1-9-2-5-14-12(6-9)15-17-22-21-16(23(17)8-20-18(15)25-14)11-7-10(19)3-4-13(11)24/h3-4,7-9,24H,2,5-6H2,1H3/t9-/m1/s1. The Bertz CT molecular complexity index is 1130. The van der Waals surface area contributed by atoms with E-state index in [9.17, 15) is 5.11 Å². The quantitative estimate of drug-likeness (QED) is 0.536. The van der Waals surface area contributed by atoms with Gasteiger partial charge in [-0.3, -0.25) is 4.40 Å². The highest BCUT2D eigenvalue weighted by Gasteiger charge is 2.24. The van der Waals surface area contributed by atoms with Crippen LogP contribution in [0.1, 0.15) is 23.8 Å². The summed E-state index contributed by atoms with van der Waals surface area (Å²) in [6, 6.07) is 4.91. The molecule has 1 N–H and O–H groups in total. The number of aryl methyl sites for hydroxylation is 1. The van der Waals surface area contributed by atoms with Crippen molar-refractivity contribution in [2.75, 3.05) is 0 Å². The summed E-state index contributed by atoms with van der Waals surface area (Å²) in [6.07, 6.45) is 5.13. The Morgan fingerprint density at radius 2 is 2.20 bits per heavy atom. The molecule has 0 bridgehead atoms. The summed E-state index contributed by atoms with van der Waals surface area (Å²) < 4.78 is 1.85. The number of halogens is 1. The van der Waals surface area contributed by atoms with Crippen LogP contribution in [-0.2, 0) is 12.8 Å². The zero-order chi connectivity index (χ0) is 17.1. The molecule has 0 aliphatic heterocycles. The second kappa shape index (κ2) is 5.41. The van der Waals surface area contributed by atoms with Gasteiger partial charge in [0.05, 0.1) is 10.9 Å². The first-order valence-corrected chi connectivity index (χ1v) is 9.44. The lowest BCUT2D eigenvalue weighted by molar-refractivity contribution is 0.477. The molecule has 7 heteroatoms. The van der Waals surface area contributed by atoms with E-state index >= 15 is 0 Å². The molecule has 5 nitrogen and oxygen atoms in total. The maximum absolute atomic E-state index is 10.2. The number of hydrogen-bond donors (Lipinski definition) is 1. The summed E-state index contributed by atoms with van der Waals surface area (Å²) in [5.74, 6) is 1.35. The van der Waals surface area contributed by atoms with Gasteiger partial charge in [-0.05, 0) is 48.9 Å². The number of fused-ring (bicyclic) bond motifs is 5. The number of nitrogens with zero attached hydrogens (tertiary/aromatic N) is 4. The van der Waals surface area contributed by atoms with Crippen LogP contribution in [0, 0.1) is 5.92 Å². The summed E-state index contributed by atoms with van der Waals surface area (Å²) in [5, 5.41) is 20.6. The van der Waals surface area contributed by atoms with Crippen molar-refractivity contribution in [3.8, 4) is 17.1 Å². The van der Waals surface area contributed by atoms with Crippen molar-refractivity contribution >= 4 is 38.8 Å². The monoisotopic (exact) mass is 370 g/mol. The molecule has 126 valence electrons. The Labute approximate surface area is 152 Å². The molecule has 0 spiro atoms. The maximum atomic E-state index is 10.2. The van der Waals surface area contributed by atoms with Crippen LogP contribution in [0.25, 0.3) is 27.3 Å². The van der Waals surface area contributed by atoms with Gasteiger partial charge in [-0.1, -0.05) is 18.5 Å². The van der Waals surface area contributed by atoms with Gasteiger partial charge in [0.2, 0.25) is 0 Å². The summed E-state index contributed by atoms with van der Waals surface area (Å²) in [7, 11) is 0. The number of phenols is 1. The Morgan fingerprint density at radius 1 is 1.32 bits per heavy atom. The van der Waals surface area contributed by atoms with E-state index < -0.39 is 0 Å². The number of phenolic OH excluding ortho intramolecular Hbond substituents is 1. The number of thiophene rings is 1. The molecular weight excluding hydrogens is 356 g/mol. The molecule has 0 saturated carbocycles. The van der Waals surface area contributed by atoms with E-state index in [1.54, 1.807) is 35.9 Å². The maximum Gasteiger partial charge on any atom is 0.173 e. The predicted molar refractivity (Wildman–Crippen MR) is 99.5 cm³/mol. The first-order valence-electron chi connectivity index (χ1n) is 8.24. The van der Waals surface area contributed by atoms with Gasteiger partial charge in [-0.2, -0.15) is 0 Å². The summed E-state index contributed by atoms with van der Waals surface area (Å²) in [6.45, 7) is 2.29. The molecule has 0 saturated heterocycles. The lowest BCUT2D eigenvalue weighted by Gasteiger charge is -2.17. The highest BCUT2D eigenvalue weighted by molar-refractivity contribution is 7.19. The van der Waals surface area contributed by atoms with E-state index in [1.165, 1.54) is 16.9 Å². The number of aromatic nitrogens is 4. The Morgan fingerprint density at radius 3 is 3.08 bits per heavy atom. The number of benzene rings is 1. The van der Waals surface area contributed by atoms with Crippen LogP contribution in [0.4, 0.5) is 0 Å². The van der Waals surface area contributed by atoms with Gasteiger partial charge in [0, 0.05) is 9.90 Å². The van der Waals surface area contributed by atoms with E-state index in [4.69, 9.17) is 11.6 Å². The van der Waals surface area contributed by atoms with Crippen molar-refractivity contribution in [2.45, 2.75) is 26.2 Å². The molecule has 1 aromatic carbocycles. The van der Waals surface area contributed by atoms with Crippen LogP contribution in [0.15, 0.2) is 24.5 Å². The lowest BCUT2D eigenvalue weighted by atomic mass is 9.89. The Balaban J connectivity index is 1.80. The molecule has 0 radical (unpaired) electrons. The zero-order valence-electron chi connectivity index (χ0n) is 13.5. The molecular formula is C18H15ClN4OS. The average molecular weight is 371 g/mol. The molecule has 3 aromatic heterocycles. The molecule has 1 atom stereocenters. The fourth-order valence-electron chi connectivity index (χ4n) is 3.62. The van der Waals surface area contributed by atoms with Gasteiger partial charge in [-0.15, -0.1) is 21.5 Å². The highest BCUT2D eigenvalue weighted by Crippen LogP contribution is 2.39. The normalized spacial score (nSPS) is 17.3. The smallest absolute Gasteiger partial charge is 0.173 e. The van der Waals surface area contributed by atoms with Crippen LogP contribution < -0.4 is 0 Å².